The van der Waals surface area contributed by atoms with Crippen molar-refractivity contribution in [3.05, 3.63) is 24.3 Å². The summed E-state index contributed by atoms with van der Waals surface area (Å²) >= 11 is 0. The molecule has 1 aliphatic rings. The van der Waals surface area contributed by atoms with Crippen LogP contribution in [0.1, 0.15) is 26.2 Å². The zero-order valence-corrected chi connectivity index (χ0v) is 15.1. The lowest BCUT2D eigenvalue weighted by Crippen LogP contribution is -2.39. The molecule has 1 fully saturated rings. The highest BCUT2D eigenvalue weighted by Crippen LogP contribution is 2.23. The number of nitrogens with zero attached hydrogens (tertiary/aromatic N) is 1. The smallest absolute Gasteiger partial charge is 0.234 e. The van der Waals surface area contributed by atoms with Crippen LogP contribution in [0.2, 0.25) is 0 Å². The quantitative estimate of drug-likeness (QED) is 0.697. The van der Waals surface area contributed by atoms with Crippen LogP contribution in [-0.2, 0) is 9.59 Å². The Labute approximate surface area is 149 Å². The first-order valence-electron chi connectivity index (χ1n) is 8.17. The highest BCUT2D eigenvalue weighted by atomic mass is 35.5. The average molecular weight is 355 g/mol. The highest BCUT2D eigenvalue weighted by molar-refractivity contribution is 5.92. The molecule has 2 rings (SSSR count). The predicted octanol–water partition coefficient (Wildman–Crippen LogP) is 1.76. The second-order valence-electron chi connectivity index (χ2n) is 6.00. The Kier molecular flexibility index (Phi) is 8.57. The number of amides is 2. The van der Waals surface area contributed by atoms with Gasteiger partial charge in [-0.3, -0.25) is 9.59 Å². The summed E-state index contributed by atoms with van der Waals surface area (Å²) in [7, 11) is 1.71. The Bertz CT molecular complexity index is 547. The lowest BCUT2D eigenvalue weighted by Gasteiger charge is -2.19. The first-order valence-corrected chi connectivity index (χ1v) is 8.17. The number of carbonyl (C=O) groups excluding carboxylic acids is 2. The van der Waals surface area contributed by atoms with Crippen LogP contribution in [0.25, 0.3) is 0 Å². The van der Waals surface area contributed by atoms with E-state index in [1.165, 1.54) is 12.8 Å². The number of hydrogen-bond donors (Lipinski definition) is 3. The Morgan fingerprint density at radius 3 is 2.58 bits per heavy atom. The van der Waals surface area contributed by atoms with Gasteiger partial charge in [-0.1, -0.05) is 6.07 Å². The van der Waals surface area contributed by atoms with Crippen LogP contribution in [0.3, 0.4) is 0 Å². The number of rotatable bonds is 7. The molecule has 6 nitrogen and oxygen atoms in total. The molecule has 0 spiro atoms. The molecule has 1 heterocycles. The van der Waals surface area contributed by atoms with E-state index < -0.39 is 0 Å². The van der Waals surface area contributed by atoms with Crippen molar-refractivity contribution in [3.63, 3.8) is 0 Å². The Hall–Kier alpha value is -1.79. The number of carbonyl (C=O) groups is 2. The zero-order chi connectivity index (χ0) is 16.7. The maximum atomic E-state index is 12.1. The molecule has 0 bridgehead atoms. The van der Waals surface area contributed by atoms with E-state index in [0.717, 1.165) is 24.5 Å². The van der Waals surface area contributed by atoms with E-state index in [0.29, 0.717) is 0 Å². The van der Waals surface area contributed by atoms with Gasteiger partial charge in [-0.15, -0.1) is 12.4 Å². The summed E-state index contributed by atoms with van der Waals surface area (Å²) in [6.07, 6.45) is 2.70. The fraction of sp³-hybridized carbons (Fsp3) is 0.529. The topological polar surface area (TPSA) is 73.5 Å². The van der Waals surface area contributed by atoms with Crippen molar-refractivity contribution >= 4 is 35.6 Å². The lowest BCUT2D eigenvalue weighted by atomic mass is 10.2. The van der Waals surface area contributed by atoms with Gasteiger partial charge in [0.15, 0.2) is 0 Å². The summed E-state index contributed by atoms with van der Waals surface area (Å²) in [5.41, 5.74) is 1.95. The van der Waals surface area contributed by atoms with Gasteiger partial charge in [0.2, 0.25) is 11.8 Å². The Morgan fingerprint density at radius 2 is 1.92 bits per heavy atom. The molecule has 24 heavy (non-hydrogen) atoms. The molecule has 1 aliphatic heterocycles. The molecule has 1 unspecified atom stereocenters. The van der Waals surface area contributed by atoms with Crippen LogP contribution < -0.4 is 20.9 Å². The Balaban J connectivity index is 0.00000288. The van der Waals surface area contributed by atoms with Gasteiger partial charge in [-0.2, -0.15) is 0 Å². The van der Waals surface area contributed by atoms with Crippen LogP contribution in [0.4, 0.5) is 11.4 Å². The minimum absolute atomic E-state index is 0. The van der Waals surface area contributed by atoms with Crippen LogP contribution in [0.15, 0.2) is 24.3 Å². The van der Waals surface area contributed by atoms with Gasteiger partial charge < -0.3 is 20.9 Å². The second-order valence-corrected chi connectivity index (χ2v) is 6.00. The molecule has 1 saturated heterocycles. The summed E-state index contributed by atoms with van der Waals surface area (Å²) in [5.74, 6) is -0.204. The molecular weight excluding hydrogens is 328 g/mol. The molecule has 0 saturated carbocycles. The number of benzene rings is 1. The van der Waals surface area contributed by atoms with E-state index in [-0.39, 0.29) is 43.2 Å². The largest absolute Gasteiger partial charge is 0.371 e. The van der Waals surface area contributed by atoms with Crippen molar-refractivity contribution in [2.24, 2.45) is 0 Å². The maximum Gasteiger partial charge on any atom is 0.234 e. The molecule has 134 valence electrons. The van der Waals surface area contributed by atoms with Gasteiger partial charge in [0.25, 0.3) is 0 Å². The summed E-state index contributed by atoms with van der Waals surface area (Å²) in [4.78, 5) is 25.9. The van der Waals surface area contributed by atoms with Crippen LogP contribution in [0.5, 0.6) is 0 Å². The van der Waals surface area contributed by atoms with Gasteiger partial charge >= 0.3 is 0 Å². The monoisotopic (exact) mass is 354 g/mol. The predicted molar refractivity (Wildman–Crippen MR) is 99.9 cm³/mol. The summed E-state index contributed by atoms with van der Waals surface area (Å²) in [6.45, 7) is 4.23. The third-order valence-electron chi connectivity index (χ3n) is 3.84. The molecule has 1 aromatic rings. The van der Waals surface area contributed by atoms with E-state index >= 15 is 0 Å². The van der Waals surface area contributed by atoms with E-state index in [1.54, 1.807) is 7.05 Å². The standard InChI is InChI=1S/C17H26N4O2.ClH/c1-13(19-17(23)12-18-2)10-16(22)20-14-6-5-7-15(11-14)21-8-3-4-9-21;/h5-7,11,13,18H,3-4,8-10,12H2,1-2H3,(H,19,23)(H,20,22);1H. The fourth-order valence-corrected chi connectivity index (χ4v) is 2.78. The van der Waals surface area contributed by atoms with Crippen molar-refractivity contribution in [2.75, 3.05) is 36.9 Å². The number of nitrogens with one attached hydrogen (secondary N) is 3. The molecule has 1 aromatic carbocycles. The van der Waals surface area contributed by atoms with E-state index in [1.807, 2.05) is 25.1 Å². The van der Waals surface area contributed by atoms with Gasteiger partial charge in [0.05, 0.1) is 6.54 Å². The van der Waals surface area contributed by atoms with Gasteiger partial charge in [-0.25, -0.2) is 0 Å². The third-order valence-corrected chi connectivity index (χ3v) is 3.84. The third kappa shape index (κ3) is 6.37. The molecule has 7 heteroatoms. The van der Waals surface area contributed by atoms with E-state index in [2.05, 4.69) is 26.9 Å². The normalized spacial score (nSPS) is 14.7. The zero-order valence-electron chi connectivity index (χ0n) is 14.3. The molecule has 2 amide bonds. The Morgan fingerprint density at radius 1 is 1.21 bits per heavy atom. The number of anilines is 2. The van der Waals surface area contributed by atoms with Crippen LogP contribution in [0, 0.1) is 0 Å². The highest BCUT2D eigenvalue weighted by Gasteiger charge is 2.14. The summed E-state index contributed by atoms with van der Waals surface area (Å²) in [5, 5.41) is 8.47. The fourth-order valence-electron chi connectivity index (χ4n) is 2.78. The molecule has 0 aromatic heterocycles. The summed E-state index contributed by atoms with van der Waals surface area (Å²) in [6, 6.07) is 7.73. The second kappa shape index (κ2) is 10.2. The molecule has 0 radical (unpaired) electrons. The first-order chi connectivity index (χ1) is 11.1. The number of likely N-dealkylation sites (N-methyl/N-ethyl adjacent to an activating group) is 1. The van der Waals surface area contributed by atoms with Crippen molar-refractivity contribution in [3.8, 4) is 0 Å². The van der Waals surface area contributed by atoms with E-state index in [9.17, 15) is 9.59 Å². The number of halogens is 1. The minimum Gasteiger partial charge on any atom is -0.371 e. The van der Waals surface area contributed by atoms with Crippen LogP contribution >= 0.6 is 12.4 Å². The van der Waals surface area contributed by atoms with E-state index in [4.69, 9.17) is 0 Å². The minimum atomic E-state index is -0.197. The SMILES string of the molecule is CNCC(=O)NC(C)CC(=O)Nc1cccc(N2CCCC2)c1.Cl. The van der Waals surface area contributed by atoms with Crippen molar-refractivity contribution in [2.45, 2.75) is 32.2 Å². The average Bonchev–Trinajstić information content (AvgIpc) is 3.01. The van der Waals surface area contributed by atoms with Gasteiger partial charge in [-0.05, 0) is 45.0 Å². The van der Waals surface area contributed by atoms with Crippen molar-refractivity contribution in [1.82, 2.24) is 10.6 Å². The van der Waals surface area contributed by atoms with Gasteiger partial charge in [0, 0.05) is 36.9 Å². The van der Waals surface area contributed by atoms with Crippen molar-refractivity contribution in [1.29, 1.82) is 0 Å². The molecule has 0 aliphatic carbocycles. The van der Waals surface area contributed by atoms with Gasteiger partial charge in [0.1, 0.15) is 0 Å². The molecule has 1 atom stereocenters. The lowest BCUT2D eigenvalue weighted by molar-refractivity contribution is -0.121. The van der Waals surface area contributed by atoms with Crippen molar-refractivity contribution < 1.29 is 9.59 Å². The number of hydrogen-bond acceptors (Lipinski definition) is 4. The maximum absolute atomic E-state index is 12.1. The van der Waals surface area contributed by atoms with Crippen LogP contribution in [-0.4, -0.2) is 44.5 Å². The molecule has 3 N–H and O–H groups in total. The first kappa shape index (κ1) is 20.3. The summed E-state index contributed by atoms with van der Waals surface area (Å²) < 4.78 is 0. The molecular formula is C17H27ClN4O2.